The Hall–Kier alpha value is -2.15. The molecule has 0 radical (unpaired) electrons. The molecular formula is C25H31ClN4O2. The van der Waals surface area contributed by atoms with Crippen LogP contribution in [0.3, 0.4) is 0 Å². The number of pyridine rings is 1. The minimum atomic E-state index is -0.0107. The first-order valence-electron chi connectivity index (χ1n) is 11.8. The van der Waals surface area contributed by atoms with Crippen LogP contribution in [0.2, 0.25) is 5.02 Å². The van der Waals surface area contributed by atoms with Crippen LogP contribution in [-0.4, -0.2) is 50.3 Å². The highest BCUT2D eigenvalue weighted by Crippen LogP contribution is 2.37. The first-order chi connectivity index (χ1) is 15.7. The molecule has 2 saturated heterocycles. The van der Waals surface area contributed by atoms with Crippen LogP contribution in [0.25, 0.3) is 11.1 Å². The van der Waals surface area contributed by atoms with Gasteiger partial charge in [-0.2, -0.15) is 0 Å². The van der Waals surface area contributed by atoms with Gasteiger partial charge in [0.25, 0.3) is 0 Å². The zero-order chi connectivity index (χ0) is 21.9. The van der Waals surface area contributed by atoms with E-state index >= 15 is 0 Å². The Morgan fingerprint density at radius 1 is 1.25 bits per heavy atom. The summed E-state index contributed by atoms with van der Waals surface area (Å²) in [6.45, 7) is 5.61. The lowest BCUT2D eigenvalue weighted by atomic mass is 9.98. The van der Waals surface area contributed by atoms with Crippen molar-refractivity contribution < 1.29 is 9.53 Å². The van der Waals surface area contributed by atoms with E-state index in [9.17, 15) is 4.79 Å². The molecule has 6 nitrogen and oxygen atoms in total. The van der Waals surface area contributed by atoms with E-state index in [1.165, 1.54) is 11.3 Å². The standard InChI is InChI=1S/C25H31ClN4O2/c26-22-15-28-24(29-25(31)20-2-1-8-27-14-20)13-21(22)19-4-3-18-5-9-30(23(18)12-19)16-17-6-10-32-11-7-17/h3-4,12-13,15,17,20,27H,1-2,5-11,14,16H2,(H,28,29,31). The molecule has 1 atom stereocenters. The fourth-order valence-corrected chi connectivity index (χ4v) is 5.29. The van der Waals surface area contributed by atoms with Gasteiger partial charge in [-0.15, -0.1) is 0 Å². The van der Waals surface area contributed by atoms with Crippen molar-refractivity contribution in [2.24, 2.45) is 11.8 Å². The van der Waals surface area contributed by atoms with Gasteiger partial charge in [-0.3, -0.25) is 4.79 Å². The minimum absolute atomic E-state index is 0.0107. The number of nitrogens with one attached hydrogen (secondary N) is 2. The van der Waals surface area contributed by atoms with Crippen molar-refractivity contribution in [2.45, 2.75) is 32.1 Å². The quantitative estimate of drug-likeness (QED) is 0.711. The molecule has 2 N–H and O–H groups in total. The van der Waals surface area contributed by atoms with Crippen molar-refractivity contribution in [1.82, 2.24) is 10.3 Å². The molecule has 0 aliphatic carbocycles. The Morgan fingerprint density at radius 3 is 2.94 bits per heavy atom. The summed E-state index contributed by atoms with van der Waals surface area (Å²) in [5.41, 5.74) is 4.66. The zero-order valence-electron chi connectivity index (χ0n) is 18.4. The Balaban J connectivity index is 1.35. The molecule has 32 heavy (non-hydrogen) atoms. The predicted molar refractivity (Wildman–Crippen MR) is 128 cm³/mol. The average Bonchev–Trinajstić information content (AvgIpc) is 3.23. The van der Waals surface area contributed by atoms with E-state index < -0.39 is 0 Å². The van der Waals surface area contributed by atoms with Gasteiger partial charge in [-0.25, -0.2) is 4.98 Å². The number of carbonyl (C=O) groups excluding carboxylic acids is 1. The van der Waals surface area contributed by atoms with E-state index in [0.29, 0.717) is 16.8 Å². The molecule has 1 unspecified atom stereocenters. The van der Waals surface area contributed by atoms with E-state index in [4.69, 9.17) is 16.3 Å². The van der Waals surface area contributed by atoms with Crippen molar-refractivity contribution in [3.63, 3.8) is 0 Å². The molecular weight excluding hydrogens is 424 g/mol. The zero-order valence-corrected chi connectivity index (χ0v) is 19.2. The molecule has 0 saturated carbocycles. The minimum Gasteiger partial charge on any atom is -0.381 e. The van der Waals surface area contributed by atoms with Gasteiger partial charge in [0.15, 0.2) is 0 Å². The highest BCUT2D eigenvalue weighted by atomic mass is 35.5. The monoisotopic (exact) mass is 454 g/mol. The van der Waals surface area contributed by atoms with Gasteiger partial charge in [-0.05, 0) is 67.8 Å². The molecule has 1 amide bonds. The molecule has 7 heteroatoms. The van der Waals surface area contributed by atoms with Crippen LogP contribution in [0.4, 0.5) is 11.5 Å². The number of hydrogen-bond donors (Lipinski definition) is 2. The first-order valence-corrected chi connectivity index (χ1v) is 12.2. The van der Waals surface area contributed by atoms with Gasteiger partial charge in [-0.1, -0.05) is 23.7 Å². The normalized spacial score (nSPS) is 21.4. The van der Waals surface area contributed by atoms with E-state index in [2.05, 4.69) is 38.7 Å². The van der Waals surface area contributed by atoms with Crippen molar-refractivity contribution in [3.8, 4) is 11.1 Å². The molecule has 1 aromatic carbocycles. The maximum Gasteiger partial charge on any atom is 0.229 e. The summed E-state index contributed by atoms with van der Waals surface area (Å²) in [4.78, 5) is 19.5. The summed E-state index contributed by atoms with van der Waals surface area (Å²) in [6.07, 6.45) is 6.94. The fraction of sp³-hybridized carbons (Fsp3) is 0.520. The Morgan fingerprint density at radius 2 is 2.12 bits per heavy atom. The molecule has 3 aliphatic heterocycles. The predicted octanol–water partition coefficient (Wildman–Crippen LogP) is 4.13. The number of carbonyl (C=O) groups is 1. The molecule has 5 rings (SSSR count). The number of amides is 1. The van der Waals surface area contributed by atoms with Crippen LogP contribution in [0.15, 0.2) is 30.5 Å². The maximum atomic E-state index is 12.6. The second kappa shape index (κ2) is 9.77. The largest absolute Gasteiger partial charge is 0.381 e. The highest BCUT2D eigenvalue weighted by Gasteiger charge is 2.25. The van der Waals surface area contributed by atoms with Crippen LogP contribution < -0.4 is 15.5 Å². The Kier molecular flexibility index (Phi) is 6.62. The number of ether oxygens (including phenoxy) is 1. The number of anilines is 2. The van der Waals surface area contributed by atoms with E-state index in [1.54, 1.807) is 6.20 Å². The van der Waals surface area contributed by atoms with Crippen LogP contribution in [0.1, 0.15) is 31.2 Å². The lowest BCUT2D eigenvalue weighted by Gasteiger charge is -2.29. The number of hydrogen-bond acceptors (Lipinski definition) is 5. The number of piperidine rings is 1. The highest BCUT2D eigenvalue weighted by molar-refractivity contribution is 6.33. The molecule has 3 aliphatic rings. The van der Waals surface area contributed by atoms with Crippen molar-refractivity contribution in [1.29, 1.82) is 0 Å². The molecule has 0 spiro atoms. The van der Waals surface area contributed by atoms with Gasteiger partial charge in [0, 0.05) is 50.3 Å². The third-order valence-corrected chi connectivity index (χ3v) is 7.28. The molecule has 0 bridgehead atoms. The third kappa shape index (κ3) is 4.77. The molecule has 170 valence electrons. The SMILES string of the molecule is O=C(Nc1cc(-c2ccc3c(c2)N(CC2CCOCC2)CC3)c(Cl)cn1)C1CCCNC1. The Bertz CT molecular complexity index is 970. The number of aromatic nitrogens is 1. The van der Waals surface area contributed by atoms with Crippen LogP contribution in [-0.2, 0) is 16.0 Å². The van der Waals surface area contributed by atoms with Crippen LogP contribution in [0, 0.1) is 11.8 Å². The molecule has 4 heterocycles. The number of rotatable bonds is 5. The molecule has 2 aromatic rings. The van der Waals surface area contributed by atoms with Crippen LogP contribution >= 0.6 is 11.6 Å². The second-order valence-corrected chi connectivity index (χ2v) is 9.58. The topological polar surface area (TPSA) is 66.5 Å². The maximum absolute atomic E-state index is 12.6. The van der Waals surface area contributed by atoms with Gasteiger partial charge >= 0.3 is 0 Å². The van der Waals surface area contributed by atoms with E-state index in [0.717, 1.165) is 82.6 Å². The van der Waals surface area contributed by atoms with Gasteiger partial charge in [0.2, 0.25) is 5.91 Å². The lowest BCUT2D eigenvalue weighted by molar-refractivity contribution is -0.120. The van der Waals surface area contributed by atoms with Crippen molar-refractivity contribution in [3.05, 3.63) is 41.0 Å². The average molecular weight is 455 g/mol. The summed E-state index contributed by atoms with van der Waals surface area (Å²) >= 11 is 6.55. The summed E-state index contributed by atoms with van der Waals surface area (Å²) in [5, 5.41) is 6.88. The third-order valence-electron chi connectivity index (χ3n) is 6.98. The summed E-state index contributed by atoms with van der Waals surface area (Å²) in [6, 6.07) is 8.50. The lowest BCUT2D eigenvalue weighted by Crippen LogP contribution is -2.37. The van der Waals surface area contributed by atoms with E-state index in [-0.39, 0.29) is 11.8 Å². The molecule has 1 aromatic heterocycles. The molecule has 2 fully saturated rings. The van der Waals surface area contributed by atoms with E-state index in [1.807, 2.05) is 6.07 Å². The first kappa shape index (κ1) is 21.7. The summed E-state index contributed by atoms with van der Waals surface area (Å²) < 4.78 is 5.53. The number of benzene rings is 1. The van der Waals surface area contributed by atoms with Crippen molar-refractivity contribution >= 4 is 29.0 Å². The number of halogens is 1. The fourth-order valence-electron chi connectivity index (χ4n) is 5.08. The second-order valence-electron chi connectivity index (χ2n) is 9.18. The van der Waals surface area contributed by atoms with Gasteiger partial charge in [0.05, 0.1) is 10.9 Å². The number of fused-ring (bicyclic) bond motifs is 1. The van der Waals surface area contributed by atoms with Crippen LogP contribution in [0.5, 0.6) is 0 Å². The Labute approximate surface area is 194 Å². The summed E-state index contributed by atoms with van der Waals surface area (Å²) in [5.74, 6) is 1.26. The van der Waals surface area contributed by atoms with Gasteiger partial charge < -0.3 is 20.3 Å². The smallest absolute Gasteiger partial charge is 0.229 e. The van der Waals surface area contributed by atoms with Crippen molar-refractivity contribution in [2.75, 3.05) is 49.6 Å². The van der Waals surface area contributed by atoms with Gasteiger partial charge in [0.1, 0.15) is 5.82 Å². The number of nitrogens with zero attached hydrogens (tertiary/aromatic N) is 2. The summed E-state index contributed by atoms with van der Waals surface area (Å²) in [7, 11) is 0.